The van der Waals surface area contributed by atoms with Crippen LogP contribution in [0, 0.1) is 5.41 Å². The summed E-state index contributed by atoms with van der Waals surface area (Å²) in [5.74, 6) is -0.142. The Kier molecular flexibility index (Phi) is 4.37. The highest BCUT2D eigenvalue weighted by atomic mass is 32.1. The van der Waals surface area contributed by atoms with Crippen molar-refractivity contribution in [2.75, 3.05) is 6.54 Å². The standard InChI is InChI=1S/C10H15N3OS2/c1-10(2,8(11)15)9(14)13-4-3-7-12-5-6-16-7/h5-6H,3-4H2,1-2H3,(H2,11,15)(H,13,14). The third-order valence-electron chi connectivity index (χ3n) is 2.29. The first kappa shape index (κ1) is 13.1. The molecule has 0 unspecified atom stereocenters. The second-order valence-electron chi connectivity index (χ2n) is 3.92. The molecule has 0 radical (unpaired) electrons. The van der Waals surface area contributed by atoms with E-state index in [4.69, 9.17) is 18.0 Å². The molecule has 1 heterocycles. The van der Waals surface area contributed by atoms with Crippen molar-refractivity contribution < 1.29 is 4.79 Å². The lowest BCUT2D eigenvalue weighted by Crippen LogP contribution is -2.45. The minimum absolute atomic E-state index is 0.142. The Morgan fingerprint density at radius 3 is 2.88 bits per heavy atom. The maximum Gasteiger partial charge on any atom is 0.232 e. The van der Waals surface area contributed by atoms with E-state index in [1.165, 1.54) is 0 Å². The molecular weight excluding hydrogens is 242 g/mol. The summed E-state index contributed by atoms with van der Waals surface area (Å²) < 4.78 is 0. The van der Waals surface area contributed by atoms with Crippen LogP contribution >= 0.6 is 23.6 Å². The molecule has 0 aromatic carbocycles. The van der Waals surface area contributed by atoms with Gasteiger partial charge in [-0.15, -0.1) is 11.3 Å². The first-order valence-corrected chi connectivity index (χ1v) is 6.20. The summed E-state index contributed by atoms with van der Waals surface area (Å²) in [6.07, 6.45) is 2.48. The fourth-order valence-electron chi connectivity index (χ4n) is 0.992. The van der Waals surface area contributed by atoms with E-state index in [9.17, 15) is 4.79 Å². The number of thiazole rings is 1. The molecule has 88 valence electrons. The molecule has 0 bridgehead atoms. The van der Waals surface area contributed by atoms with Crippen molar-refractivity contribution in [3.05, 3.63) is 16.6 Å². The average molecular weight is 257 g/mol. The summed E-state index contributed by atoms with van der Waals surface area (Å²) in [5.41, 5.74) is 4.70. The van der Waals surface area contributed by atoms with Gasteiger partial charge in [0.2, 0.25) is 5.91 Å². The van der Waals surface area contributed by atoms with Crippen LogP contribution < -0.4 is 11.1 Å². The lowest BCUT2D eigenvalue weighted by molar-refractivity contribution is -0.126. The Morgan fingerprint density at radius 2 is 2.38 bits per heavy atom. The van der Waals surface area contributed by atoms with Crippen molar-refractivity contribution in [1.29, 1.82) is 0 Å². The highest BCUT2D eigenvalue weighted by Crippen LogP contribution is 2.15. The number of amides is 1. The van der Waals surface area contributed by atoms with Gasteiger partial charge in [-0.25, -0.2) is 4.98 Å². The number of rotatable bonds is 5. The van der Waals surface area contributed by atoms with Gasteiger partial charge in [0.05, 0.1) is 15.4 Å². The van der Waals surface area contributed by atoms with Crippen molar-refractivity contribution >= 4 is 34.5 Å². The number of hydrogen-bond acceptors (Lipinski definition) is 4. The molecule has 1 rings (SSSR count). The molecule has 0 fully saturated rings. The first-order chi connectivity index (χ1) is 7.44. The van der Waals surface area contributed by atoms with Gasteiger partial charge < -0.3 is 11.1 Å². The van der Waals surface area contributed by atoms with Gasteiger partial charge in [0.15, 0.2) is 0 Å². The molecular formula is C10H15N3OS2. The second-order valence-corrected chi connectivity index (χ2v) is 5.34. The van der Waals surface area contributed by atoms with Gasteiger partial charge in [-0.05, 0) is 13.8 Å². The third kappa shape index (κ3) is 3.24. The van der Waals surface area contributed by atoms with Crippen LogP contribution in [0.1, 0.15) is 18.9 Å². The molecule has 0 aliphatic carbocycles. The van der Waals surface area contributed by atoms with E-state index in [1.54, 1.807) is 31.4 Å². The molecule has 0 saturated heterocycles. The molecule has 3 N–H and O–H groups in total. The zero-order valence-electron chi connectivity index (χ0n) is 9.32. The van der Waals surface area contributed by atoms with E-state index in [2.05, 4.69) is 10.3 Å². The maximum absolute atomic E-state index is 11.7. The monoisotopic (exact) mass is 257 g/mol. The topological polar surface area (TPSA) is 68.0 Å². The van der Waals surface area contributed by atoms with Crippen LogP contribution in [0.15, 0.2) is 11.6 Å². The van der Waals surface area contributed by atoms with Gasteiger partial charge in [-0.2, -0.15) is 0 Å². The molecule has 0 aliphatic rings. The fourth-order valence-corrected chi connectivity index (χ4v) is 1.71. The predicted octanol–water partition coefficient (Wildman–Crippen LogP) is 1.11. The minimum atomic E-state index is -0.793. The van der Waals surface area contributed by atoms with Crippen LogP contribution in [0.5, 0.6) is 0 Å². The van der Waals surface area contributed by atoms with Crippen LogP contribution in [0.4, 0.5) is 0 Å². The van der Waals surface area contributed by atoms with E-state index in [0.717, 1.165) is 11.4 Å². The molecule has 1 aromatic heterocycles. The molecule has 0 atom stereocenters. The number of carbonyl (C=O) groups excluding carboxylic acids is 1. The summed E-state index contributed by atoms with van der Waals surface area (Å²) in [6.45, 7) is 3.99. The largest absolute Gasteiger partial charge is 0.392 e. The van der Waals surface area contributed by atoms with Gasteiger partial charge in [0, 0.05) is 24.5 Å². The summed E-state index contributed by atoms with van der Waals surface area (Å²) in [5, 5.41) is 5.72. The van der Waals surface area contributed by atoms with Crippen LogP contribution in [0.3, 0.4) is 0 Å². The van der Waals surface area contributed by atoms with E-state index in [0.29, 0.717) is 6.54 Å². The van der Waals surface area contributed by atoms with Gasteiger partial charge >= 0.3 is 0 Å². The summed E-state index contributed by atoms with van der Waals surface area (Å²) in [7, 11) is 0. The SMILES string of the molecule is CC(C)(C(=O)NCCc1nccs1)C(N)=S. The molecule has 16 heavy (non-hydrogen) atoms. The smallest absolute Gasteiger partial charge is 0.232 e. The minimum Gasteiger partial charge on any atom is -0.392 e. The van der Waals surface area contributed by atoms with Crippen LogP contribution in [0.2, 0.25) is 0 Å². The summed E-state index contributed by atoms with van der Waals surface area (Å²) >= 11 is 6.42. The van der Waals surface area contributed by atoms with E-state index in [-0.39, 0.29) is 10.9 Å². The van der Waals surface area contributed by atoms with E-state index in [1.807, 2.05) is 5.38 Å². The highest BCUT2D eigenvalue weighted by Gasteiger charge is 2.30. The van der Waals surface area contributed by atoms with Crippen molar-refractivity contribution in [2.24, 2.45) is 11.1 Å². The van der Waals surface area contributed by atoms with Crippen molar-refractivity contribution in [3.8, 4) is 0 Å². The van der Waals surface area contributed by atoms with Crippen LogP contribution in [-0.2, 0) is 11.2 Å². The molecule has 0 saturated carbocycles. The second kappa shape index (κ2) is 5.36. The fraction of sp³-hybridized carbons (Fsp3) is 0.500. The quantitative estimate of drug-likeness (QED) is 0.776. The van der Waals surface area contributed by atoms with Gasteiger partial charge in [0.1, 0.15) is 0 Å². The molecule has 1 amide bonds. The highest BCUT2D eigenvalue weighted by molar-refractivity contribution is 7.80. The number of thiocarbonyl (C=S) groups is 1. The number of nitrogens with one attached hydrogen (secondary N) is 1. The Hall–Kier alpha value is -1.01. The third-order valence-corrected chi connectivity index (χ3v) is 3.64. The Balaban J connectivity index is 2.39. The van der Waals surface area contributed by atoms with Crippen molar-refractivity contribution in [1.82, 2.24) is 10.3 Å². The average Bonchev–Trinajstić information content (AvgIpc) is 2.70. The number of carbonyl (C=O) groups is 1. The molecule has 6 heteroatoms. The Bertz CT molecular complexity index is 373. The van der Waals surface area contributed by atoms with Crippen LogP contribution in [0.25, 0.3) is 0 Å². The number of nitrogens with two attached hydrogens (primary N) is 1. The normalized spacial score (nSPS) is 11.1. The maximum atomic E-state index is 11.7. The van der Waals surface area contributed by atoms with Gasteiger partial charge in [-0.3, -0.25) is 4.79 Å². The van der Waals surface area contributed by atoms with Crippen LogP contribution in [-0.4, -0.2) is 22.4 Å². The zero-order chi connectivity index (χ0) is 12.2. The lowest BCUT2D eigenvalue weighted by Gasteiger charge is -2.21. The number of hydrogen-bond donors (Lipinski definition) is 2. The molecule has 0 spiro atoms. The van der Waals surface area contributed by atoms with Gasteiger partial charge in [0.25, 0.3) is 0 Å². The Labute approximate surface area is 104 Å². The molecule has 4 nitrogen and oxygen atoms in total. The molecule has 1 aromatic rings. The predicted molar refractivity (Wildman–Crippen MR) is 69.4 cm³/mol. The van der Waals surface area contributed by atoms with Crippen molar-refractivity contribution in [3.63, 3.8) is 0 Å². The summed E-state index contributed by atoms with van der Waals surface area (Å²) in [6, 6.07) is 0. The first-order valence-electron chi connectivity index (χ1n) is 4.91. The number of aromatic nitrogens is 1. The van der Waals surface area contributed by atoms with Crippen molar-refractivity contribution in [2.45, 2.75) is 20.3 Å². The van der Waals surface area contributed by atoms with E-state index < -0.39 is 5.41 Å². The lowest BCUT2D eigenvalue weighted by atomic mass is 9.92. The molecule has 0 aliphatic heterocycles. The zero-order valence-corrected chi connectivity index (χ0v) is 11.0. The van der Waals surface area contributed by atoms with Gasteiger partial charge in [-0.1, -0.05) is 12.2 Å². The van der Waals surface area contributed by atoms with E-state index >= 15 is 0 Å². The Morgan fingerprint density at radius 1 is 1.69 bits per heavy atom. The summed E-state index contributed by atoms with van der Waals surface area (Å²) in [4.78, 5) is 16.1. The number of nitrogens with zero attached hydrogens (tertiary/aromatic N) is 1.